The van der Waals surface area contributed by atoms with Crippen LogP contribution < -0.4 is 0 Å². The van der Waals surface area contributed by atoms with Gasteiger partial charge in [-0.25, -0.2) is 15.0 Å². The molecule has 4 heteroatoms. The van der Waals surface area contributed by atoms with Crippen LogP contribution in [0.1, 0.15) is 25.0 Å². The highest BCUT2D eigenvalue weighted by Crippen LogP contribution is 2.49. The first kappa shape index (κ1) is 37.5. The Morgan fingerprint density at radius 3 is 1.45 bits per heavy atom. The topological polar surface area (TPSA) is 51.8 Å². The second-order valence-electron chi connectivity index (χ2n) is 17.2. The van der Waals surface area contributed by atoms with E-state index >= 15 is 0 Å². The lowest BCUT2D eigenvalue weighted by Crippen LogP contribution is -2.14. The molecule has 0 N–H and O–H groups in total. The Morgan fingerprint density at radius 2 is 0.766 bits per heavy atom. The smallest absolute Gasteiger partial charge is 0.164 e. The number of fused-ring (bicyclic) bond motifs is 6. The first-order valence-electron chi connectivity index (χ1n) is 21.8. The maximum atomic E-state index is 6.62. The van der Waals surface area contributed by atoms with Crippen molar-refractivity contribution in [2.24, 2.45) is 0 Å². The van der Waals surface area contributed by atoms with Gasteiger partial charge in [0.05, 0.1) is 0 Å². The molecule has 2 heterocycles. The van der Waals surface area contributed by atoms with Gasteiger partial charge in [-0.3, -0.25) is 0 Å². The first-order chi connectivity index (χ1) is 31.4. The number of furan rings is 1. The van der Waals surface area contributed by atoms with E-state index in [-0.39, 0.29) is 5.41 Å². The molecule has 0 saturated heterocycles. The summed E-state index contributed by atoms with van der Waals surface area (Å²) < 4.78 is 6.62. The van der Waals surface area contributed by atoms with E-state index in [1.807, 2.05) is 18.2 Å². The zero-order chi connectivity index (χ0) is 42.8. The second-order valence-corrected chi connectivity index (χ2v) is 17.2. The Balaban J connectivity index is 0.965. The van der Waals surface area contributed by atoms with Gasteiger partial charge in [0.25, 0.3) is 0 Å². The maximum absolute atomic E-state index is 6.62. The monoisotopic (exact) mass is 819 g/mol. The van der Waals surface area contributed by atoms with Crippen molar-refractivity contribution >= 4 is 21.9 Å². The van der Waals surface area contributed by atoms with Crippen LogP contribution in [0.4, 0.5) is 0 Å². The third kappa shape index (κ3) is 6.42. The lowest BCUT2D eigenvalue weighted by atomic mass is 9.81. The number of aromatic nitrogens is 3. The summed E-state index contributed by atoms with van der Waals surface area (Å²) in [6.07, 6.45) is 0. The lowest BCUT2D eigenvalue weighted by molar-refractivity contribution is 0.660. The number of benzene rings is 9. The van der Waals surface area contributed by atoms with Crippen LogP contribution in [0.15, 0.2) is 217 Å². The molecule has 12 rings (SSSR count). The molecule has 64 heavy (non-hydrogen) atoms. The first-order valence-corrected chi connectivity index (χ1v) is 21.8. The third-order valence-corrected chi connectivity index (χ3v) is 13.0. The van der Waals surface area contributed by atoms with Crippen LogP contribution in [-0.4, -0.2) is 15.0 Å². The largest absolute Gasteiger partial charge is 0.456 e. The zero-order valence-electron chi connectivity index (χ0n) is 35.5. The number of nitrogens with zero attached hydrogens (tertiary/aromatic N) is 3. The fraction of sp³-hybridized carbons (Fsp3) is 0.0500. The van der Waals surface area contributed by atoms with E-state index < -0.39 is 0 Å². The average molecular weight is 820 g/mol. The minimum absolute atomic E-state index is 0.0947. The molecule has 11 aromatic rings. The van der Waals surface area contributed by atoms with Gasteiger partial charge < -0.3 is 4.42 Å². The van der Waals surface area contributed by atoms with Crippen LogP contribution in [0.5, 0.6) is 0 Å². The van der Waals surface area contributed by atoms with E-state index in [0.29, 0.717) is 17.5 Å². The van der Waals surface area contributed by atoms with Crippen molar-refractivity contribution in [3.05, 3.63) is 223 Å². The average Bonchev–Trinajstić information content (AvgIpc) is 3.85. The van der Waals surface area contributed by atoms with E-state index in [9.17, 15) is 0 Å². The molecule has 0 fully saturated rings. The van der Waals surface area contributed by atoms with Crippen molar-refractivity contribution in [1.82, 2.24) is 15.0 Å². The zero-order valence-corrected chi connectivity index (χ0v) is 35.5. The molecule has 1 aliphatic carbocycles. The maximum Gasteiger partial charge on any atom is 0.164 e. The molecule has 0 spiro atoms. The highest BCUT2D eigenvalue weighted by molar-refractivity contribution is 6.13. The van der Waals surface area contributed by atoms with E-state index in [2.05, 4.69) is 208 Å². The van der Waals surface area contributed by atoms with Gasteiger partial charge in [0, 0.05) is 32.9 Å². The van der Waals surface area contributed by atoms with Gasteiger partial charge >= 0.3 is 0 Å². The fourth-order valence-electron chi connectivity index (χ4n) is 9.63. The molecule has 0 saturated carbocycles. The number of hydrogen-bond acceptors (Lipinski definition) is 4. The molecule has 4 nitrogen and oxygen atoms in total. The van der Waals surface area contributed by atoms with Crippen LogP contribution in [0.2, 0.25) is 0 Å². The van der Waals surface area contributed by atoms with Crippen molar-refractivity contribution < 1.29 is 4.42 Å². The van der Waals surface area contributed by atoms with Crippen molar-refractivity contribution in [3.63, 3.8) is 0 Å². The van der Waals surface area contributed by atoms with Gasteiger partial charge in [-0.1, -0.05) is 190 Å². The van der Waals surface area contributed by atoms with Gasteiger partial charge in [-0.15, -0.1) is 0 Å². The quantitative estimate of drug-likeness (QED) is 0.161. The summed E-state index contributed by atoms with van der Waals surface area (Å²) >= 11 is 0. The molecule has 0 unspecified atom stereocenters. The molecule has 0 bridgehead atoms. The van der Waals surface area contributed by atoms with Crippen LogP contribution in [0.25, 0.3) is 112 Å². The highest BCUT2D eigenvalue weighted by atomic mass is 16.3. The molecular formula is C60H41N3O. The Morgan fingerprint density at radius 1 is 0.312 bits per heavy atom. The van der Waals surface area contributed by atoms with Crippen molar-refractivity contribution in [2.45, 2.75) is 19.3 Å². The summed E-state index contributed by atoms with van der Waals surface area (Å²) in [5, 5.41) is 2.13. The lowest BCUT2D eigenvalue weighted by Gasteiger charge is -2.22. The van der Waals surface area contributed by atoms with Crippen LogP contribution in [0, 0.1) is 0 Å². The molecule has 1 aliphatic rings. The standard InChI is InChI=1S/C60H41N3O/c1-60(2)52-24-10-9-22-49(52)50-32-30-44(36-53(50)60)43-19-12-21-46(35-43)58-61-57(45-20-11-18-42(34-45)39-16-7-4-8-17-39)62-59(63-58)47-31-33-51-55(37-47)64-54-25-13-23-48(56(51)54)41-28-26-40(27-29-41)38-14-5-3-6-15-38/h3-37H,1-2H3. The van der Waals surface area contributed by atoms with E-state index in [4.69, 9.17) is 19.4 Å². The second kappa shape index (κ2) is 15.0. The molecular weight excluding hydrogens is 779 g/mol. The fourth-order valence-corrected chi connectivity index (χ4v) is 9.63. The predicted molar refractivity (Wildman–Crippen MR) is 263 cm³/mol. The summed E-state index contributed by atoms with van der Waals surface area (Å²) in [7, 11) is 0. The van der Waals surface area contributed by atoms with Crippen LogP contribution in [0.3, 0.4) is 0 Å². The SMILES string of the molecule is CC1(C)c2ccccc2-c2ccc(-c3cccc(-c4nc(-c5cccc(-c6ccccc6)c5)nc(-c5ccc6c(c5)oc5cccc(-c7ccc(-c8ccccc8)cc7)c56)n4)c3)cc21. The van der Waals surface area contributed by atoms with Gasteiger partial charge in [0.1, 0.15) is 11.2 Å². The molecule has 0 aliphatic heterocycles. The molecule has 0 radical (unpaired) electrons. The minimum atomic E-state index is -0.0947. The Labute approximate surface area is 372 Å². The van der Waals surface area contributed by atoms with Gasteiger partial charge in [-0.2, -0.15) is 0 Å². The van der Waals surface area contributed by atoms with Crippen molar-refractivity contribution in [1.29, 1.82) is 0 Å². The van der Waals surface area contributed by atoms with Crippen molar-refractivity contribution in [2.75, 3.05) is 0 Å². The third-order valence-electron chi connectivity index (χ3n) is 13.0. The molecule has 9 aromatic carbocycles. The summed E-state index contributed by atoms with van der Waals surface area (Å²) in [5.74, 6) is 1.78. The normalized spacial score (nSPS) is 12.7. The summed E-state index contributed by atoms with van der Waals surface area (Å²) in [4.78, 5) is 15.6. The summed E-state index contributed by atoms with van der Waals surface area (Å²) in [6, 6.07) is 75.0. The molecule has 0 atom stereocenters. The molecule has 302 valence electrons. The van der Waals surface area contributed by atoms with Gasteiger partial charge in [0.15, 0.2) is 17.5 Å². The highest BCUT2D eigenvalue weighted by Gasteiger charge is 2.35. The van der Waals surface area contributed by atoms with Gasteiger partial charge in [0.2, 0.25) is 0 Å². The molecule has 2 aromatic heterocycles. The molecule has 0 amide bonds. The Kier molecular flexibility index (Phi) is 8.80. The van der Waals surface area contributed by atoms with Gasteiger partial charge in [-0.05, 0) is 103 Å². The van der Waals surface area contributed by atoms with Crippen molar-refractivity contribution in [3.8, 4) is 89.8 Å². The summed E-state index contributed by atoms with van der Waals surface area (Å²) in [5.41, 5.74) is 18.7. The van der Waals surface area contributed by atoms with Crippen LogP contribution >= 0.6 is 0 Å². The number of rotatable bonds is 7. The van der Waals surface area contributed by atoms with E-state index in [1.54, 1.807) is 0 Å². The van der Waals surface area contributed by atoms with Crippen LogP contribution in [-0.2, 0) is 5.41 Å². The van der Waals surface area contributed by atoms with E-state index in [1.165, 1.54) is 33.4 Å². The Bertz CT molecular complexity index is 3570. The predicted octanol–water partition coefficient (Wildman–Crippen LogP) is 15.7. The minimum Gasteiger partial charge on any atom is -0.456 e. The van der Waals surface area contributed by atoms with E-state index in [0.717, 1.165) is 72.0 Å². The number of hydrogen-bond donors (Lipinski definition) is 0. The summed E-state index contributed by atoms with van der Waals surface area (Å²) in [6.45, 7) is 4.65. The Hall–Kier alpha value is -8.21.